The van der Waals surface area contributed by atoms with Crippen molar-refractivity contribution in [3.05, 3.63) is 37.9 Å². The Kier molecular flexibility index (Phi) is 5.92. The number of nitrogens with zero attached hydrogens (tertiary/aromatic N) is 3. The SMILES string of the molecule is CCNc1cc(NC=c2sc(=C(C#N)C(=O)O)n(CC)c2=O)ccn1. The lowest BCUT2D eigenvalue weighted by Gasteiger charge is -2.04. The highest BCUT2D eigenvalue weighted by molar-refractivity contribution is 7.07. The van der Waals surface area contributed by atoms with Gasteiger partial charge in [0.25, 0.3) is 5.56 Å². The van der Waals surface area contributed by atoms with E-state index in [0.29, 0.717) is 10.4 Å². The molecule has 0 aliphatic heterocycles. The molecule has 8 nitrogen and oxygen atoms in total. The van der Waals surface area contributed by atoms with Gasteiger partial charge in [0, 0.05) is 37.2 Å². The number of anilines is 2. The fraction of sp³-hybridized carbons (Fsp3) is 0.250. The lowest BCUT2D eigenvalue weighted by molar-refractivity contribution is -0.130. The standard InChI is InChI=1S/C16H17N5O3S/c1-3-18-13-7-10(5-6-19-13)20-9-12-14(22)21(4-2)15(25-12)11(8-17)16(23)24/h5-7,9H,3-4H2,1-2H3,(H,23,24)(H2,18,19,20). The number of pyridine rings is 1. The fourth-order valence-corrected chi connectivity index (χ4v) is 3.21. The smallest absolute Gasteiger partial charge is 0.349 e. The molecule has 0 saturated heterocycles. The van der Waals surface area contributed by atoms with Gasteiger partial charge < -0.3 is 15.7 Å². The summed E-state index contributed by atoms with van der Waals surface area (Å²) >= 11 is 0.966. The van der Waals surface area contributed by atoms with Crippen LogP contribution < -0.4 is 25.4 Å². The summed E-state index contributed by atoms with van der Waals surface area (Å²) in [5.41, 5.74) is -0.0574. The van der Waals surface area contributed by atoms with Gasteiger partial charge in [-0.3, -0.25) is 9.36 Å². The van der Waals surface area contributed by atoms with E-state index in [1.54, 1.807) is 31.3 Å². The molecule has 0 fully saturated rings. The van der Waals surface area contributed by atoms with E-state index in [2.05, 4.69) is 15.6 Å². The maximum Gasteiger partial charge on any atom is 0.349 e. The number of aromatic nitrogens is 2. The lowest BCUT2D eigenvalue weighted by atomic mass is 10.3. The van der Waals surface area contributed by atoms with Crippen molar-refractivity contribution in [1.29, 1.82) is 5.26 Å². The van der Waals surface area contributed by atoms with Crippen molar-refractivity contribution in [3.63, 3.8) is 0 Å². The number of nitriles is 1. The summed E-state index contributed by atoms with van der Waals surface area (Å²) in [6.07, 6.45) is 3.13. The Labute approximate surface area is 147 Å². The van der Waals surface area contributed by atoms with Gasteiger partial charge in [-0.15, -0.1) is 11.3 Å². The first-order chi connectivity index (χ1) is 12.0. The molecule has 0 aliphatic carbocycles. The average Bonchev–Trinajstić information content (AvgIpc) is 2.89. The van der Waals surface area contributed by atoms with E-state index in [9.17, 15) is 9.59 Å². The summed E-state index contributed by atoms with van der Waals surface area (Å²) in [6, 6.07) is 5.18. The van der Waals surface area contributed by atoms with Crippen molar-refractivity contribution >= 4 is 40.6 Å². The molecule has 0 unspecified atom stereocenters. The monoisotopic (exact) mass is 359 g/mol. The van der Waals surface area contributed by atoms with Crippen LogP contribution in [0.3, 0.4) is 0 Å². The van der Waals surface area contributed by atoms with E-state index in [0.717, 1.165) is 23.6 Å². The van der Waals surface area contributed by atoms with Crippen molar-refractivity contribution in [1.82, 2.24) is 9.55 Å². The van der Waals surface area contributed by atoms with Gasteiger partial charge in [-0.05, 0) is 19.9 Å². The molecule has 0 saturated carbocycles. The van der Waals surface area contributed by atoms with E-state index in [-0.39, 0.29) is 16.8 Å². The van der Waals surface area contributed by atoms with E-state index in [4.69, 9.17) is 10.4 Å². The predicted molar refractivity (Wildman–Crippen MR) is 96.6 cm³/mol. The van der Waals surface area contributed by atoms with Gasteiger partial charge in [0.05, 0.1) is 0 Å². The molecule has 0 atom stereocenters. The Balaban J connectivity index is 2.51. The third-order valence-electron chi connectivity index (χ3n) is 3.25. The van der Waals surface area contributed by atoms with E-state index in [1.165, 1.54) is 10.8 Å². The van der Waals surface area contributed by atoms with Crippen molar-refractivity contribution in [3.8, 4) is 6.07 Å². The second kappa shape index (κ2) is 8.12. The second-order valence-corrected chi connectivity index (χ2v) is 5.89. The van der Waals surface area contributed by atoms with Crippen molar-refractivity contribution in [2.24, 2.45) is 0 Å². The quantitative estimate of drug-likeness (QED) is 0.681. The molecule has 0 spiro atoms. The molecule has 2 rings (SSSR count). The number of hydrogen-bond donors (Lipinski definition) is 3. The maximum absolute atomic E-state index is 12.4. The van der Waals surface area contributed by atoms with Crippen molar-refractivity contribution in [2.45, 2.75) is 20.4 Å². The number of thiazole rings is 1. The largest absolute Gasteiger partial charge is 0.477 e. The molecule has 25 heavy (non-hydrogen) atoms. The first-order valence-corrected chi connectivity index (χ1v) is 8.37. The van der Waals surface area contributed by atoms with Crippen LogP contribution in [0.2, 0.25) is 0 Å². The molecular weight excluding hydrogens is 342 g/mol. The summed E-state index contributed by atoms with van der Waals surface area (Å²) in [4.78, 5) is 27.8. The van der Waals surface area contributed by atoms with Gasteiger partial charge in [-0.1, -0.05) is 0 Å². The minimum atomic E-state index is -1.35. The maximum atomic E-state index is 12.4. The minimum Gasteiger partial charge on any atom is -0.477 e. The number of carboxylic acids is 1. The number of aliphatic carboxylic acids is 1. The van der Waals surface area contributed by atoms with Crippen LogP contribution >= 0.6 is 11.3 Å². The van der Waals surface area contributed by atoms with E-state index >= 15 is 0 Å². The number of hydrogen-bond acceptors (Lipinski definition) is 7. The van der Waals surface area contributed by atoms with Gasteiger partial charge >= 0.3 is 5.97 Å². The molecule has 0 aromatic carbocycles. The zero-order chi connectivity index (χ0) is 18.4. The highest BCUT2D eigenvalue weighted by Gasteiger charge is 2.13. The van der Waals surface area contributed by atoms with Gasteiger partial charge in [0.2, 0.25) is 0 Å². The third kappa shape index (κ3) is 4.05. The first-order valence-electron chi connectivity index (χ1n) is 7.55. The Morgan fingerprint density at radius 1 is 1.52 bits per heavy atom. The molecule has 0 aliphatic rings. The number of rotatable bonds is 6. The molecule has 0 amide bonds. The minimum absolute atomic E-state index is 0.138. The summed E-state index contributed by atoms with van der Waals surface area (Å²) in [5, 5.41) is 24.3. The highest BCUT2D eigenvalue weighted by atomic mass is 32.1. The molecular formula is C16H17N5O3S. The van der Waals surface area contributed by atoms with Crippen molar-refractivity contribution < 1.29 is 9.90 Å². The number of nitrogens with one attached hydrogen (secondary N) is 2. The van der Waals surface area contributed by atoms with Crippen LogP contribution in [0.4, 0.5) is 11.5 Å². The van der Waals surface area contributed by atoms with Crippen LogP contribution in [0, 0.1) is 11.3 Å². The summed E-state index contributed by atoms with van der Waals surface area (Å²) < 4.78 is 1.73. The van der Waals surface area contributed by atoms with Crippen LogP contribution in [0.5, 0.6) is 0 Å². The zero-order valence-electron chi connectivity index (χ0n) is 13.7. The summed E-state index contributed by atoms with van der Waals surface area (Å²) in [6.45, 7) is 4.69. The third-order valence-corrected chi connectivity index (χ3v) is 4.38. The summed E-state index contributed by atoms with van der Waals surface area (Å²) in [5.74, 6) is -0.653. The van der Waals surface area contributed by atoms with Crippen molar-refractivity contribution in [2.75, 3.05) is 17.2 Å². The van der Waals surface area contributed by atoms with Crippen LogP contribution in [-0.4, -0.2) is 27.2 Å². The molecule has 3 N–H and O–H groups in total. The van der Waals surface area contributed by atoms with Gasteiger partial charge in [-0.2, -0.15) is 5.26 Å². The fourth-order valence-electron chi connectivity index (χ4n) is 2.13. The van der Waals surface area contributed by atoms with Crippen LogP contribution in [0.25, 0.3) is 11.8 Å². The van der Waals surface area contributed by atoms with Gasteiger partial charge in [0.1, 0.15) is 21.1 Å². The zero-order valence-corrected chi connectivity index (χ0v) is 14.6. The second-order valence-electron chi connectivity index (χ2n) is 4.86. The number of carboxylic acid groups (broad SMARTS) is 1. The summed E-state index contributed by atoms with van der Waals surface area (Å²) in [7, 11) is 0. The average molecular weight is 359 g/mol. The van der Waals surface area contributed by atoms with E-state index in [1.807, 2.05) is 6.92 Å². The topological polar surface area (TPSA) is 120 Å². The van der Waals surface area contributed by atoms with Crippen LogP contribution in [0.1, 0.15) is 13.8 Å². The molecule has 2 aromatic rings. The van der Waals surface area contributed by atoms with Crippen LogP contribution in [0.15, 0.2) is 23.1 Å². The Morgan fingerprint density at radius 3 is 2.88 bits per heavy atom. The Morgan fingerprint density at radius 2 is 2.28 bits per heavy atom. The highest BCUT2D eigenvalue weighted by Crippen LogP contribution is 2.11. The predicted octanol–water partition coefficient (Wildman–Crippen LogP) is 0.365. The normalized spacial score (nSPS) is 12.4. The number of carbonyl (C=O) groups is 1. The molecule has 2 aromatic heterocycles. The molecule has 0 radical (unpaired) electrons. The first kappa shape index (κ1) is 18.2. The van der Waals surface area contributed by atoms with Gasteiger partial charge in [0.15, 0.2) is 5.57 Å². The lowest BCUT2D eigenvalue weighted by Crippen LogP contribution is -2.32. The molecule has 2 heterocycles. The van der Waals surface area contributed by atoms with Crippen LogP contribution in [-0.2, 0) is 11.3 Å². The Bertz CT molecular complexity index is 1000. The Hall–Kier alpha value is -3.12. The van der Waals surface area contributed by atoms with Gasteiger partial charge in [-0.25, -0.2) is 9.78 Å². The molecule has 130 valence electrons. The van der Waals surface area contributed by atoms with E-state index < -0.39 is 11.5 Å². The molecule has 9 heteroatoms. The molecule has 0 bridgehead atoms.